The van der Waals surface area contributed by atoms with Crippen LogP contribution in [0.2, 0.25) is 0 Å². The van der Waals surface area contributed by atoms with Crippen LogP contribution < -0.4 is 0 Å². The molecule has 0 aromatic carbocycles. The zero-order chi connectivity index (χ0) is 11.6. The van der Waals surface area contributed by atoms with Gasteiger partial charge >= 0.3 is 5.97 Å². The van der Waals surface area contributed by atoms with Gasteiger partial charge in [-0.1, -0.05) is 0 Å². The lowest BCUT2D eigenvalue weighted by Crippen LogP contribution is -2.43. The fourth-order valence-corrected chi connectivity index (χ4v) is 1.85. The molecular formula is C9H11ClF2O3. The maximum Gasteiger partial charge on any atom is 0.303 e. The number of carbonyl (C=O) groups is 2. The number of carbonyl (C=O) groups excluding carboxylic acids is 2. The molecule has 0 unspecified atom stereocenters. The molecule has 0 amide bonds. The summed E-state index contributed by atoms with van der Waals surface area (Å²) in [7, 11) is 0. The predicted molar refractivity (Wildman–Crippen MR) is 48.7 cm³/mol. The molecule has 2 atom stereocenters. The molecule has 0 N–H and O–H groups in total. The number of halogens is 3. The van der Waals surface area contributed by atoms with Crippen molar-refractivity contribution in [3.63, 3.8) is 0 Å². The van der Waals surface area contributed by atoms with Crippen LogP contribution in [-0.2, 0) is 14.3 Å². The molecule has 0 bridgehead atoms. The van der Waals surface area contributed by atoms with Crippen molar-refractivity contribution < 1.29 is 23.1 Å². The van der Waals surface area contributed by atoms with E-state index in [1.165, 1.54) is 0 Å². The van der Waals surface area contributed by atoms with Crippen molar-refractivity contribution in [3.05, 3.63) is 0 Å². The van der Waals surface area contributed by atoms with Gasteiger partial charge in [0.25, 0.3) is 5.92 Å². The van der Waals surface area contributed by atoms with Crippen molar-refractivity contribution in [2.45, 2.75) is 38.2 Å². The van der Waals surface area contributed by atoms with Crippen LogP contribution in [0.4, 0.5) is 8.78 Å². The number of ether oxygens (including phenoxy) is 1. The van der Waals surface area contributed by atoms with Crippen molar-refractivity contribution >= 4 is 22.8 Å². The molecule has 0 heterocycles. The second kappa shape index (κ2) is 4.43. The fraction of sp³-hybridized carbons (Fsp3) is 0.778. The van der Waals surface area contributed by atoms with E-state index in [0.29, 0.717) is 0 Å². The molecule has 0 aliphatic heterocycles. The molecule has 86 valence electrons. The van der Waals surface area contributed by atoms with Crippen LogP contribution in [-0.4, -0.2) is 23.2 Å². The molecule has 0 radical (unpaired) electrons. The van der Waals surface area contributed by atoms with E-state index in [-0.39, 0.29) is 12.8 Å². The number of hydrogen-bond donors (Lipinski definition) is 0. The van der Waals surface area contributed by atoms with Gasteiger partial charge in [-0.05, 0) is 24.4 Å². The van der Waals surface area contributed by atoms with Crippen LogP contribution in [0.1, 0.15) is 26.2 Å². The van der Waals surface area contributed by atoms with Crippen molar-refractivity contribution in [1.29, 1.82) is 0 Å². The van der Waals surface area contributed by atoms with Crippen molar-refractivity contribution in [2.75, 3.05) is 0 Å². The topological polar surface area (TPSA) is 43.4 Å². The van der Waals surface area contributed by atoms with E-state index in [9.17, 15) is 18.4 Å². The fourth-order valence-electron chi connectivity index (χ4n) is 1.66. The Morgan fingerprint density at radius 1 is 1.40 bits per heavy atom. The first-order chi connectivity index (χ1) is 6.83. The number of hydrogen-bond acceptors (Lipinski definition) is 3. The third-order valence-electron chi connectivity index (χ3n) is 2.40. The molecule has 0 aromatic heterocycles. The second-order valence-corrected chi connectivity index (χ2v) is 4.01. The minimum atomic E-state index is -3.17. The minimum Gasteiger partial charge on any atom is -0.456 e. The summed E-state index contributed by atoms with van der Waals surface area (Å²) in [5.74, 6) is -4.75. The van der Waals surface area contributed by atoms with Gasteiger partial charge in [0.05, 0.1) is 0 Å². The number of alkyl halides is 2. The van der Waals surface area contributed by atoms with E-state index in [0.717, 1.165) is 6.92 Å². The van der Waals surface area contributed by atoms with Crippen LogP contribution >= 0.6 is 11.6 Å². The third kappa shape index (κ3) is 3.12. The van der Waals surface area contributed by atoms with E-state index >= 15 is 0 Å². The van der Waals surface area contributed by atoms with Crippen LogP contribution in [0, 0.1) is 5.92 Å². The highest BCUT2D eigenvalue weighted by Crippen LogP contribution is 2.39. The Morgan fingerprint density at radius 2 is 2.00 bits per heavy atom. The highest BCUT2D eigenvalue weighted by molar-refractivity contribution is 6.64. The standard InChI is InChI=1S/C9H11ClF2O3/c1-5(13)15-7-3-2-6(8(10)14)4-9(7,11)12/h6-7H,2-4H2,1H3/t6-,7+/m1/s1. The minimum absolute atomic E-state index is 0.0320. The van der Waals surface area contributed by atoms with E-state index in [1.807, 2.05) is 0 Å². The summed E-state index contributed by atoms with van der Waals surface area (Å²) in [5, 5.41) is -0.754. The van der Waals surface area contributed by atoms with Gasteiger partial charge in [0.2, 0.25) is 5.24 Å². The Hall–Kier alpha value is -0.710. The molecule has 0 aromatic rings. The van der Waals surface area contributed by atoms with Gasteiger partial charge in [-0.3, -0.25) is 9.59 Å². The molecule has 1 saturated carbocycles. The lowest BCUT2D eigenvalue weighted by molar-refractivity contribution is -0.184. The van der Waals surface area contributed by atoms with Crippen molar-refractivity contribution in [3.8, 4) is 0 Å². The quantitative estimate of drug-likeness (QED) is 0.549. The maximum atomic E-state index is 13.4. The summed E-state index contributed by atoms with van der Waals surface area (Å²) in [6, 6.07) is 0. The Labute approximate surface area is 90.7 Å². The Balaban J connectivity index is 2.66. The maximum absolute atomic E-state index is 13.4. The van der Waals surface area contributed by atoms with Crippen LogP contribution in [0.3, 0.4) is 0 Å². The molecular weight excluding hydrogens is 230 g/mol. The van der Waals surface area contributed by atoms with E-state index in [2.05, 4.69) is 4.74 Å². The van der Waals surface area contributed by atoms with Gasteiger partial charge in [-0.15, -0.1) is 0 Å². The van der Waals surface area contributed by atoms with Gasteiger partial charge in [-0.25, -0.2) is 8.78 Å². The molecule has 6 heteroatoms. The van der Waals surface area contributed by atoms with Crippen LogP contribution in [0.5, 0.6) is 0 Å². The summed E-state index contributed by atoms with van der Waals surface area (Å²) in [6.45, 7) is 1.08. The SMILES string of the molecule is CC(=O)O[C@H]1CC[C@@H](C(=O)Cl)CC1(F)F. The highest BCUT2D eigenvalue weighted by Gasteiger charge is 2.48. The zero-order valence-corrected chi connectivity index (χ0v) is 8.89. The van der Waals surface area contributed by atoms with Gasteiger partial charge < -0.3 is 4.74 Å². The van der Waals surface area contributed by atoms with Crippen molar-refractivity contribution in [2.24, 2.45) is 5.92 Å². The van der Waals surface area contributed by atoms with Gasteiger partial charge in [-0.2, -0.15) is 0 Å². The lowest BCUT2D eigenvalue weighted by Gasteiger charge is -2.33. The summed E-state index contributed by atoms with van der Waals surface area (Å²) in [4.78, 5) is 21.3. The molecule has 0 saturated heterocycles. The summed E-state index contributed by atoms with van der Waals surface area (Å²) in [6.07, 6.45) is -1.87. The smallest absolute Gasteiger partial charge is 0.303 e. The molecule has 0 spiro atoms. The first-order valence-corrected chi connectivity index (χ1v) is 4.95. The largest absolute Gasteiger partial charge is 0.456 e. The first-order valence-electron chi connectivity index (χ1n) is 4.57. The first kappa shape index (κ1) is 12.4. The zero-order valence-electron chi connectivity index (χ0n) is 8.13. The Kier molecular flexibility index (Phi) is 3.65. The van der Waals surface area contributed by atoms with Gasteiger partial charge in [0.1, 0.15) is 0 Å². The molecule has 15 heavy (non-hydrogen) atoms. The molecule has 1 fully saturated rings. The van der Waals surface area contributed by atoms with E-state index in [4.69, 9.17) is 11.6 Å². The normalized spacial score (nSPS) is 29.6. The molecule has 1 rings (SSSR count). The van der Waals surface area contributed by atoms with Gasteiger partial charge in [0.15, 0.2) is 6.10 Å². The average Bonchev–Trinajstić information content (AvgIpc) is 2.07. The Bertz CT molecular complexity index is 281. The molecule has 1 aliphatic carbocycles. The van der Waals surface area contributed by atoms with Gasteiger partial charge in [0, 0.05) is 19.3 Å². The van der Waals surface area contributed by atoms with E-state index < -0.39 is 35.6 Å². The molecule has 3 nitrogen and oxygen atoms in total. The third-order valence-corrected chi connectivity index (χ3v) is 2.70. The average molecular weight is 241 g/mol. The van der Waals surface area contributed by atoms with Crippen LogP contribution in [0.25, 0.3) is 0 Å². The molecule has 1 aliphatic rings. The summed E-state index contributed by atoms with van der Waals surface area (Å²) < 4.78 is 31.2. The summed E-state index contributed by atoms with van der Waals surface area (Å²) >= 11 is 5.16. The van der Waals surface area contributed by atoms with Crippen molar-refractivity contribution in [1.82, 2.24) is 0 Å². The summed E-state index contributed by atoms with van der Waals surface area (Å²) in [5.41, 5.74) is 0. The monoisotopic (exact) mass is 240 g/mol. The van der Waals surface area contributed by atoms with E-state index in [1.54, 1.807) is 0 Å². The highest BCUT2D eigenvalue weighted by atomic mass is 35.5. The second-order valence-electron chi connectivity index (χ2n) is 3.64. The van der Waals surface area contributed by atoms with Crippen LogP contribution in [0.15, 0.2) is 0 Å². The lowest BCUT2D eigenvalue weighted by atomic mass is 9.85. The number of rotatable bonds is 2. The Morgan fingerprint density at radius 3 is 2.40 bits per heavy atom. The number of esters is 1. The predicted octanol–water partition coefficient (Wildman–Crippen LogP) is 2.12.